The van der Waals surface area contributed by atoms with Crippen LogP contribution in [0.3, 0.4) is 0 Å². The number of aliphatic hydroxyl groups is 1. The number of nitrogens with zero attached hydrogens (tertiary/aromatic N) is 4. The maximum absolute atomic E-state index is 12.5. The molecule has 33 heavy (non-hydrogen) atoms. The molecule has 1 aliphatic heterocycles. The number of aliphatic hydroxyl groups excluding tert-OH is 1. The van der Waals surface area contributed by atoms with Gasteiger partial charge in [0.15, 0.2) is 0 Å². The summed E-state index contributed by atoms with van der Waals surface area (Å²) in [5.41, 5.74) is 4.22. The molecule has 3 fully saturated rings. The zero-order valence-electron chi connectivity index (χ0n) is 20.0. The van der Waals surface area contributed by atoms with Crippen LogP contribution in [-0.4, -0.2) is 56.2 Å². The molecule has 7 heteroatoms. The summed E-state index contributed by atoms with van der Waals surface area (Å²) in [6.07, 6.45) is 10.1. The van der Waals surface area contributed by atoms with Crippen LogP contribution < -0.4 is 0 Å². The van der Waals surface area contributed by atoms with E-state index in [0.29, 0.717) is 36.9 Å². The van der Waals surface area contributed by atoms with Gasteiger partial charge < -0.3 is 14.7 Å². The molecule has 178 valence electrons. The predicted molar refractivity (Wildman–Crippen MR) is 126 cm³/mol. The third-order valence-corrected chi connectivity index (χ3v) is 7.25. The zero-order chi connectivity index (χ0) is 23.2. The lowest BCUT2D eigenvalue weighted by atomic mass is 9.81. The molecule has 2 aliphatic carbocycles. The van der Waals surface area contributed by atoms with Crippen LogP contribution in [0.4, 0.5) is 4.79 Å². The highest BCUT2D eigenvalue weighted by atomic mass is 16.6. The fourth-order valence-electron chi connectivity index (χ4n) is 5.17. The molecule has 1 saturated heterocycles. The summed E-state index contributed by atoms with van der Waals surface area (Å²) in [5, 5.41) is 14.4. The number of hydrogen-bond acceptors (Lipinski definition) is 5. The van der Waals surface area contributed by atoms with E-state index in [4.69, 9.17) is 14.8 Å². The summed E-state index contributed by atoms with van der Waals surface area (Å²) >= 11 is 0. The van der Waals surface area contributed by atoms with Gasteiger partial charge in [-0.1, -0.05) is 6.07 Å². The number of aromatic nitrogens is 3. The van der Waals surface area contributed by atoms with Crippen LogP contribution in [0.15, 0.2) is 24.5 Å². The SMILES string of the molecule is CC(C)(C)OC(=O)N1CCC(c2cccnc2-c2cn(C3CC(CO)C3)nc2C2CC2)CC1. The van der Waals surface area contributed by atoms with E-state index in [9.17, 15) is 9.90 Å². The molecule has 2 aromatic heterocycles. The Morgan fingerprint density at radius 3 is 2.52 bits per heavy atom. The predicted octanol–water partition coefficient (Wildman–Crippen LogP) is 4.88. The molecule has 2 aromatic rings. The minimum absolute atomic E-state index is 0.216. The zero-order valence-corrected chi connectivity index (χ0v) is 20.0. The summed E-state index contributed by atoms with van der Waals surface area (Å²) in [4.78, 5) is 19.2. The molecule has 2 saturated carbocycles. The lowest BCUT2D eigenvalue weighted by Gasteiger charge is -2.34. The summed E-state index contributed by atoms with van der Waals surface area (Å²) in [6.45, 7) is 7.40. The van der Waals surface area contributed by atoms with E-state index in [2.05, 4.69) is 16.9 Å². The minimum Gasteiger partial charge on any atom is -0.444 e. The van der Waals surface area contributed by atoms with E-state index in [1.54, 1.807) is 0 Å². The van der Waals surface area contributed by atoms with E-state index in [-0.39, 0.29) is 12.7 Å². The monoisotopic (exact) mass is 452 g/mol. The van der Waals surface area contributed by atoms with Crippen molar-refractivity contribution in [2.45, 2.75) is 82.8 Å². The molecular weight excluding hydrogens is 416 g/mol. The van der Waals surface area contributed by atoms with E-state index >= 15 is 0 Å². The average Bonchev–Trinajstić information content (AvgIpc) is 3.51. The standard InChI is InChI=1S/C26H36N4O3/c1-26(2,3)33-25(32)29-11-8-18(9-12-29)21-5-4-10-27-24(21)22-15-30(20-13-17(14-20)16-31)28-23(22)19-6-7-19/h4-5,10,15,17-20,31H,6-9,11-14,16H2,1-3H3. The molecule has 0 radical (unpaired) electrons. The Morgan fingerprint density at radius 2 is 1.88 bits per heavy atom. The largest absolute Gasteiger partial charge is 0.444 e. The maximum Gasteiger partial charge on any atom is 0.410 e. The van der Waals surface area contributed by atoms with Gasteiger partial charge in [0, 0.05) is 43.6 Å². The molecule has 0 aromatic carbocycles. The van der Waals surface area contributed by atoms with Crippen molar-refractivity contribution in [3.63, 3.8) is 0 Å². The number of piperidine rings is 1. The highest BCUT2D eigenvalue weighted by Gasteiger charge is 2.36. The average molecular weight is 453 g/mol. The Labute approximate surface area is 196 Å². The van der Waals surface area contributed by atoms with Gasteiger partial charge in [-0.05, 0) is 82.8 Å². The first-order valence-corrected chi connectivity index (χ1v) is 12.5. The van der Waals surface area contributed by atoms with Crippen molar-refractivity contribution in [3.05, 3.63) is 35.8 Å². The molecule has 0 unspecified atom stereocenters. The molecule has 0 bridgehead atoms. The van der Waals surface area contributed by atoms with Crippen molar-refractivity contribution in [1.82, 2.24) is 19.7 Å². The van der Waals surface area contributed by atoms with Crippen LogP contribution in [0.1, 0.15) is 88.4 Å². The first kappa shape index (κ1) is 22.4. The highest BCUT2D eigenvalue weighted by Crippen LogP contribution is 2.47. The number of carbonyl (C=O) groups excluding carboxylic acids is 1. The van der Waals surface area contributed by atoms with Gasteiger partial charge in [0.1, 0.15) is 5.60 Å². The minimum atomic E-state index is -0.471. The van der Waals surface area contributed by atoms with Gasteiger partial charge in [-0.3, -0.25) is 9.67 Å². The van der Waals surface area contributed by atoms with Crippen LogP contribution in [0, 0.1) is 5.92 Å². The number of carbonyl (C=O) groups is 1. The Hall–Kier alpha value is -2.41. The Kier molecular flexibility index (Phi) is 5.93. The van der Waals surface area contributed by atoms with Crippen LogP contribution in [0.5, 0.6) is 0 Å². The maximum atomic E-state index is 12.5. The smallest absolute Gasteiger partial charge is 0.410 e. The molecule has 0 spiro atoms. The number of rotatable bonds is 5. The molecule has 7 nitrogen and oxygen atoms in total. The van der Waals surface area contributed by atoms with Crippen molar-refractivity contribution in [2.24, 2.45) is 5.92 Å². The van der Waals surface area contributed by atoms with Crippen LogP contribution >= 0.6 is 0 Å². The fraction of sp³-hybridized carbons (Fsp3) is 0.654. The van der Waals surface area contributed by atoms with Gasteiger partial charge in [-0.25, -0.2) is 4.79 Å². The van der Waals surface area contributed by atoms with Crippen molar-refractivity contribution >= 4 is 6.09 Å². The Morgan fingerprint density at radius 1 is 1.15 bits per heavy atom. The molecular formula is C26H36N4O3. The van der Waals surface area contributed by atoms with E-state index in [0.717, 1.165) is 31.4 Å². The lowest BCUT2D eigenvalue weighted by Crippen LogP contribution is -2.41. The third kappa shape index (κ3) is 4.79. The van der Waals surface area contributed by atoms with Gasteiger partial charge >= 0.3 is 6.09 Å². The van der Waals surface area contributed by atoms with Gasteiger partial charge in [-0.2, -0.15) is 5.10 Å². The van der Waals surface area contributed by atoms with Gasteiger partial charge in [0.2, 0.25) is 0 Å². The molecule has 5 rings (SSSR count). The van der Waals surface area contributed by atoms with Crippen molar-refractivity contribution < 1.29 is 14.6 Å². The third-order valence-electron chi connectivity index (χ3n) is 7.25. The molecule has 3 aliphatic rings. The summed E-state index contributed by atoms with van der Waals surface area (Å²) < 4.78 is 7.70. The van der Waals surface area contributed by atoms with Crippen molar-refractivity contribution in [2.75, 3.05) is 19.7 Å². The number of amides is 1. The first-order valence-electron chi connectivity index (χ1n) is 12.5. The number of hydrogen-bond donors (Lipinski definition) is 1. The van der Waals surface area contributed by atoms with Crippen LogP contribution in [-0.2, 0) is 4.74 Å². The summed E-state index contributed by atoms with van der Waals surface area (Å²) in [6, 6.07) is 4.62. The quantitative estimate of drug-likeness (QED) is 0.699. The van der Waals surface area contributed by atoms with Crippen LogP contribution in [0.2, 0.25) is 0 Å². The second-order valence-corrected chi connectivity index (χ2v) is 11.0. The second kappa shape index (κ2) is 8.75. The Bertz CT molecular complexity index is 993. The number of likely N-dealkylation sites (tertiary alicyclic amines) is 1. The highest BCUT2D eigenvalue weighted by molar-refractivity contribution is 5.69. The molecule has 1 amide bonds. The lowest BCUT2D eigenvalue weighted by molar-refractivity contribution is 0.0205. The number of pyridine rings is 1. The van der Waals surface area contributed by atoms with Gasteiger partial charge in [0.25, 0.3) is 0 Å². The number of ether oxygens (including phenoxy) is 1. The summed E-state index contributed by atoms with van der Waals surface area (Å²) in [7, 11) is 0. The fourth-order valence-corrected chi connectivity index (χ4v) is 5.17. The molecule has 0 atom stereocenters. The van der Waals surface area contributed by atoms with Gasteiger partial charge in [0.05, 0.1) is 17.4 Å². The Balaban J connectivity index is 1.35. The van der Waals surface area contributed by atoms with E-state index in [1.807, 2.05) is 37.9 Å². The first-order chi connectivity index (χ1) is 15.8. The second-order valence-electron chi connectivity index (χ2n) is 11.0. The van der Waals surface area contributed by atoms with Crippen LogP contribution in [0.25, 0.3) is 11.3 Å². The van der Waals surface area contributed by atoms with E-state index in [1.165, 1.54) is 29.7 Å². The molecule has 1 N–H and O–H groups in total. The van der Waals surface area contributed by atoms with E-state index < -0.39 is 5.60 Å². The topological polar surface area (TPSA) is 80.5 Å². The van der Waals surface area contributed by atoms with Gasteiger partial charge in [-0.15, -0.1) is 0 Å². The van der Waals surface area contributed by atoms with Crippen molar-refractivity contribution in [1.29, 1.82) is 0 Å². The molecule has 3 heterocycles. The summed E-state index contributed by atoms with van der Waals surface area (Å²) in [5.74, 6) is 1.32. The normalized spacial score (nSPS) is 23.9. The van der Waals surface area contributed by atoms with Crippen molar-refractivity contribution in [3.8, 4) is 11.3 Å².